The molecule has 1 heterocycles. The summed E-state index contributed by atoms with van der Waals surface area (Å²) < 4.78 is 41.1. The van der Waals surface area contributed by atoms with Crippen LogP contribution < -0.4 is 15.4 Å². The lowest BCUT2D eigenvalue weighted by Crippen LogP contribution is -2.44. The van der Waals surface area contributed by atoms with Gasteiger partial charge in [-0.1, -0.05) is 0 Å². The number of guanidine groups is 1. The van der Waals surface area contributed by atoms with Crippen LogP contribution in [0, 0.1) is 5.82 Å². The third-order valence-corrected chi connectivity index (χ3v) is 5.26. The number of rotatable bonds is 6. The zero-order chi connectivity index (χ0) is 16.7. The minimum absolute atomic E-state index is 0.0818. The molecule has 8 heteroatoms. The van der Waals surface area contributed by atoms with Gasteiger partial charge in [-0.05, 0) is 37.1 Å². The molecular formula is C15H22FN3O3S. The van der Waals surface area contributed by atoms with Crippen molar-refractivity contribution in [1.82, 2.24) is 10.6 Å². The highest BCUT2D eigenvalue weighted by Gasteiger charge is 2.28. The summed E-state index contributed by atoms with van der Waals surface area (Å²) >= 11 is 0. The first kappa shape index (κ1) is 17.5. The van der Waals surface area contributed by atoms with Gasteiger partial charge in [0.1, 0.15) is 11.6 Å². The molecule has 0 spiro atoms. The van der Waals surface area contributed by atoms with Crippen LogP contribution in [0.15, 0.2) is 29.3 Å². The molecule has 0 aromatic heterocycles. The lowest BCUT2D eigenvalue weighted by molar-refractivity contribution is 0.310. The monoisotopic (exact) mass is 343 g/mol. The SMILES string of the molecule is CN=C(NCCCOc1ccc(F)cc1)NC1CCS(=O)(=O)C1. The van der Waals surface area contributed by atoms with E-state index in [1.54, 1.807) is 19.2 Å². The van der Waals surface area contributed by atoms with E-state index in [4.69, 9.17) is 4.74 Å². The smallest absolute Gasteiger partial charge is 0.191 e. The lowest BCUT2D eigenvalue weighted by Gasteiger charge is -2.16. The first-order valence-electron chi connectivity index (χ1n) is 7.54. The lowest BCUT2D eigenvalue weighted by atomic mass is 10.3. The summed E-state index contributed by atoms with van der Waals surface area (Å²) in [5.74, 6) is 1.32. The Balaban J connectivity index is 1.63. The molecule has 1 aliphatic rings. The molecule has 0 amide bonds. The first-order chi connectivity index (χ1) is 11.0. The summed E-state index contributed by atoms with van der Waals surface area (Å²) in [6, 6.07) is 5.80. The van der Waals surface area contributed by atoms with Crippen LogP contribution in [0.1, 0.15) is 12.8 Å². The van der Waals surface area contributed by atoms with Crippen LogP contribution in [0.5, 0.6) is 5.75 Å². The first-order valence-corrected chi connectivity index (χ1v) is 9.36. The summed E-state index contributed by atoms with van der Waals surface area (Å²) in [7, 11) is -1.26. The van der Waals surface area contributed by atoms with Crippen molar-refractivity contribution in [1.29, 1.82) is 0 Å². The fourth-order valence-corrected chi connectivity index (χ4v) is 3.97. The van der Waals surface area contributed by atoms with Crippen LogP contribution in [0.4, 0.5) is 4.39 Å². The molecule has 1 fully saturated rings. The van der Waals surface area contributed by atoms with Gasteiger partial charge in [-0.2, -0.15) is 0 Å². The van der Waals surface area contributed by atoms with Gasteiger partial charge < -0.3 is 15.4 Å². The van der Waals surface area contributed by atoms with Gasteiger partial charge in [0.25, 0.3) is 0 Å². The van der Waals surface area contributed by atoms with Crippen molar-refractivity contribution in [3.05, 3.63) is 30.1 Å². The average Bonchev–Trinajstić information content (AvgIpc) is 2.86. The number of sulfone groups is 1. The number of ether oxygens (including phenoxy) is 1. The highest BCUT2D eigenvalue weighted by Crippen LogP contribution is 2.11. The topological polar surface area (TPSA) is 79.8 Å². The van der Waals surface area contributed by atoms with Gasteiger partial charge in [-0.15, -0.1) is 0 Å². The molecule has 23 heavy (non-hydrogen) atoms. The van der Waals surface area contributed by atoms with Crippen LogP contribution in [0.25, 0.3) is 0 Å². The van der Waals surface area contributed by atoms with Gasteiger partial charge in [0.05, 0.1) is 18.1 Å². The zero-order valence-corrected chi connectivity index (χ0v) is 13.9. The van der Waals surface area contributed by atoms with Gasteiger partial charge in [0, 0.05) is 19.6 Å². The second-order valence-electron chi connectivity index (χ2n) is 5.40. The fourth-order valence-electron chi connectivity index (χ4n) is 2.30. The van der Waals surface area contributed by atoms with Crippen molar-refractivity contribution in [3.8, 4) is 5.75 Å². The summed E-state index contributed by atoms with van der Waals surface area (Å²) in [5, 5.41) is 6.24. The van der Waals surface area contributed by atoms with Gasteiger partial charge in [-0.25, -0.2) is 12.8 Å². The quantitative estimate of drug-likeness (QED) is 0.457. The highest BCUT2D eigenvalue weighted by atomic mass is 32.2. The Morgan fingerprint density at radius 2 is 2.13 bits per heavy atom. The van der Waals surface area contributed by atoms with E-state index in [2.05, 4.69) is 15.6 Å². The maximum absolute atomic E-state index is 12.7. The van der Waals surface area contributed by atoms with E-state index < -0.39 is 9.84 Å². The summed E-state index contributed by atoms with van der Waals surface area (Å²) in [6.45, 7) is 1.13. The standard InChI is InChI=1S/C15H22FN3O3S/c1-17-15(19-13-7-10-23(20,21)11-13)18-8-2-9-22-14-5-3-12(16)4-6-14/h3-6,13H,2,7-11H2,1H3,(H2,17,18,19). The van der Waals surface area contributed by atoms with Crippen molar-refractivity contribution in [2.75, 3.05) is 31.7 Å². The Bertz CT molecular complexity index is 632. The third-order valence-electron chi connectivity index (χ3n) is 3.49. The molecule has 2 N–H and O–H groups in total. The molecule has 1 aromatic carbocycles. The molecule has 0 aliphatic carbocycles. The van der Waals surface area contributed by atoms with Crippen LogP contribution in [-0.2, 0) is 9.84 Å². The van der Waals surface area contributed by atoms with Gasteiger partial charge >= 0.3 is 0 Å². The Kier molecular flexibility index (Phi) is 6.20. The number of halogens is 1. The molecule has 1 saturated heterocycles. The molecule has 128 valence electrons. The van der Waals surface area contributed by atoms with Gasteiger partial charge in [0.15, 0.2) is 15.8 Å². The number of nitrogens with zero attached hydrogens (tertiary/aromatic N) is 1. The predicted molar refractivity (Wildman–Crippen MR) is 88.1 cm³/mol. The molecule has 0 radical (unpaired) electrons. The fraction of sp³-hybridized carbons (Fsp3) is 0.533. The van der Waals surface area contributed by atoms with E-state index in [0.717, 1.165) is 6.42 Å². The molecule has 1 unspecified atom stereocenters. The highest BCUT2D eigenvalue weighted by molar-refractivity contribution is 7.91. The molecule has 1 atom stereocenters. The molecule has 2 rings (SSSR count). The number of aliphatic imine (C=N–C) groups is 1. The van der Waals surface area contributed by atoms with Gasteiger partial charge in [0.2, 0.25) is 0 Å². The van der Waals surface area contributed by atoms with E-state index in [1.165, 1.54) is 12.1 Å². The minimum Gasteiger partial charge on any atom is -0.494 e. The molecule has 0 saturated carbocycles. The molecule has 1 aromatic rings. The Hall–Kier alpha value is -1.83. The number of hydrogen-bond acceptors (Lipinski definition) is 4. The summed E-state index contributed by atoms with van der Waals surface area (Å²) in [6.07, 6.45) is 1.34. The van der Waals surface area contributed by atoms with Crippen molar-refractivity contribution >= 4 is 15.8 Å². The van der Waals surface area contributed by atoms with E-state index >= 15 is 0 Å². The minimum atomic E-state index is -2.90. The van der Waals surface area contributed by atoms with Crippen molar-refractivity contribution in [3.63, 3.8) is 0 Å². The Morgan fingerprint density at radius 1 is 1.39 bits per heavy atom. The Morgan fingerprint density at radius 3 is 2.74 bits per heavy atom. The van der Waals surface area contributed by atoms with Crippen LogP contribution in [-0.4, -0.2) is 52.1 Å². The van der Waals surface area contributed by atoms with Crippen molar-refractivity contribution < 1.29 is 17.5 Å². The molecule has 0 bridgehead atoms. The largest absolute Gasteiger partial charge is 0.494 e. The Labute approximate surface area is 136 Å². The summed E-state index contributed by atoms with van der Waals surface area (Å²) in [5.41, 5.74) is 0. The maximum Gasteiger partial charge on any atom is 0.191 e. The van der Waals surface area contributed by atoms with E-state index in [9.17, 15) is 12.8 Å². The second-order valence-corrected chi connectivity index (χ2v) is 7.63. The van der Waals surface area contributed by atoms with Crippen LogP contribution in [0.3, 0.4) is 0 Å². The maximum atomic E-state index is 12.7. The summed E-state index contributed by atoms with van der Waals surface area (Å²) in [4.78, 5) is 4.08. The van der Waals surface area contributed by atoms with Gasteiger partial charge in [-0.3, -0.25) is 4.99 Å². The number of nitrogens with one attached hydrogen (secondary N) is 2. The number of benzene rings is 1. The van der Waals surface area contributed by atoms with E-state index in [1.807, 2.05) is 0 Å². The molecular weight excluding hydrogens is 321 g/mol. The number of hydrogen-bond donors (Lipinski definition) is 2. The zero-order valence-electron chi connectivity index (χ0n) is 13.1. The van der Waals surface area contributed by atoms with E-state index in [-0.39, 0.29) is 23.4 Å². The predicted octanol–water partition coefficient (Wildman–Crippen LogP) is 0.947. The average molecular weight is 343 g/mol. The van der Waals surface area contributed by atoms with Crippen molar-refractivity contribution in [2.24, 2.45) is 4.99 Å². The van der Waals surface area contributed by atoms with E-state index in [0.29, 0.717) is 31.3 Å². The van der Waals surface area contributed by atoms with Crippen molar-refractivity contribution in [2.45, 2.75) is 18.9 Å². The third kappa shape index (κ3) is 6.05. The van der Waals surface area contributed by atoms with Crippen LogP contribution in [0.2, 0.25) is 0 Å². The van der Waals surface area contributed by atoms with Crippen LogP contribution >= 0.6 is 0 Å². The normalized spacial score (nSPS) is 20.3. The molecule has 1 aliphatic heterocycles. The second kappa shape index (κ2) is 8.14. The molecule has 6 nitrogen and oxygen atoms in total.